The number of hydrogen-bond acceptors (Lipinski definition) is 2. The molecule has 0 saturated heterocycles. The SMILES string of the molecule is CC(C)CC(C)N(C)C(C)CCC(=O)O. The summed E-state index contributed by atoms with van der Waals surface area (Å²) in [6.45, 7) is 8.73. The highest BCUT2D eigenvalue weighted by molar-refractivity contribution is 5.66. The first kappa shape index (κ1) is 14.4. The zero-order valence-electron chi connectivity index (χ0n) is 10.7. The molecule has 0 heterocycles. The van der Waals surface area contributed by atoms with E-state index in [1.165, 1.54) is 0 Å². The molecule has 0 aliphatic carbocycles. The van der Waals surface area contributed by atoms with Gasteiger partial charge in [0.2, 0.25) is 0 Å². The van der Waals surface area contributed by atoms with Gasteiger partial charge in [0.25, 0.3) is 0 Å². The van der Waals surface area contributed by atoms with Crippen LogP contribution >= 0.6 is 0 Å². The van der Waals surface area contributed by atoms with Crippen LogP contribution in [-0.2, 0) is 4.79 Å². The Morgan fingerprint density at radius 3 is 2.13 bits per heavy atom. The fourth-order valence-electron chi connectivity index (χ4n) is 1.82. The van der Waals surface area contributed by atoms with Crippen LogP contribution in [0.15, 0.2) is 0 Å². The van der Waals surface area contributed by atoms with E-state index in [9.17, 15) is 4.79 Å². The zero-order valence-corrected chi connectivity index (χ0v) is 10.7. The summed E-state index contributed by atoms with van der Waals surface area (Å²) < 4.78 is 0. The molecule has 90 valence electrons. The number of aliphatic carboxylic acids is 1. The van der Waals surface area contributed by atoms with Crippen molar-refractivity contribution in [3.05, 3.63) is 0 Å². The fraction of sp³-hybridized carbons (Fsp3) is 0.917. The van der Waals surface area contributed by atoms with E-state index in [-0.39, 0.29) is 6.42 Å². The zero-order chi connectivity index (χ0) is 12.0. The van der Waals surface area contributed by atoms with Crippen LogP contribution in [0, 0.1) is 5.92 Å². The molecule has 0 amide bonds. The monoisotopic (exact) mass is 215 g/mol. The largest absolute Gasteiger partial charge is 0.481 e. The third-order valence-electron chi connectivity index (χ3n) is 2.98. The van der Waals surface area contributed by atoms with Gasteiger partial charge in [0.1, 0.15) is 0 Å². The highest BCUT2D eigenvalue weighted by Gasteiger charge is 2.17. The number of nitrogens with zero attached hydrogens (tertiary/aromatic N) is 1. The second-order valence-corrected chi connectivity index (χ2v) is 4.93. The molecule has 3 nitrogen and oxygen atoms in total. The van der Waals surface area contributed by atoms with Gasteiger partial charge in [0, 0.05) is 18.5 Å². The van der Waals surface area contributed by atoms with Crippen molar-refractivity contribution in [3.63, 3.8) is 0 Å². The normalized spacial score (nSPS) is 15.7. The first-order chi connectivity index (χ1) is 6.84. The lowest BCUT2D eigenvalue weighted by Gasteiger charge is -2.31. The molecule has 0 saturated carbocycles. The lowest BCUT2D eigenvalue weighted by molar-refractivity contribution is -0.137. The molecule has 0 aliphatic heterocycles. The lowest BCUT2D eigenvalue weighted by atomic mass is 10.0. The Morgan fingerprint density at radius 2 is 1.73 bits per heavy atom. The van der Waals surface area contributed by atoms with Crippen LogP contribution in [0.5, 0.6) is 0 Å². The Balaban J connectivity index is 3.95. The lowest BCUT2D eigenvalue weighted by Crippen LogP contribution is -2.37. The number of hydrogen-bond donors (Lipinski definition) is 1. The maximum absolute atomic E-state index is 10.5. The van der Waals surface area contributed by atoms with Crippen molar-refractivity contribution >= 4 is 5.97 Å². The van der Waals surface area contributed by atoms with Gasteiger partial charge in [-0.2, -0.15) is 0 Å². The summed E-state index contributed by atoms with van der Waals surface area (Å²) in [6.07, 6.45) is 2.15. The summed E-state index contributed by atoms with van der Waals surface area (Å²) in [7, 11) is 2.08. The molecule has 0 aromatic heterocycles. The van der Waals surface area contributed by atoms with Gasteiger partial charge in [-0.15, -0.1) is 0 Å². The van der Waals surface area contributed by atoms with Crippen molar-refractivity contribution in [3.8, 4) is 0 Å². The molecule has 0 fully saturated rings. The molecule has 0 aromatic rings. The molecule has 2 unspecified atom stereocenters. The van der Waals surface area contributed by atoms with Gasteiger partial charge in [-0.25, -0.2) is 0 Å². The van der Waals surface area contributed by atoms with Crippen molar-refractivity contribution in [2.75, 3.05) is 7.05 Å². The minimum Gasteiger partial charge on any atom is -0.481 e. The molecule has 2 atom stereocenters. The van der Waals surface area contributed by atoms with Gasteiger partial charge in [-0.05, 0) is 39.7 Å². The highest BCUT2D eigenvalue weighted by Crippen LogP contribution is 2.14. The molecule has 0 radical (unpaired) electrons. The van der Waals surface area contributed by atoms with E-state index in [1.54, 1.807) is 0 Å². The smallest absolute Gasteiger partial charge is 0.303 e. The van der Waals surface area contributed by atoms with Gasteiger partial charge in [-0.3, -0.25) is 4.79 Å². The summed E-state index contributed by atoms with van der Waals surface area (Å²) in [6, 6.07) is 0.864. The molecule has 0 bridgehead atoms. The molecule has 1 N–H and O–H groups in total. The quantitative estimate of drug-likeness (QED) is 0.709. The van der Waals surface area contributed by atoms with Crippen molar-refractivity contribution in [1.29, 1.82) is 0 Å². The van der Waals surface area contributed by atoms with Crippen molar-refractivity contribution in [2.45, 2.75) is 59.0 Å². The fourth-order valence-corrected chi connectivity index (χ4v) is 1.82. The van der Waals surface area contributed by atoms with E-state index in [1.807, 2.05) is 0 Å². The molecule has 0 aliphatic rings. The van der Waals surface area contributed by atoms with Crippen molar-refractivity contribution in [2.24, 2.45) is 5.92 Å². The van der Waals surface area contributed by atoms with Crippen molar-refractivity contribution < 1.29 is 9.90 Å². The minimum atomic E-state index is -0.702. The second kappa shape index (κ2) is 6.83. The number of carboxylic acid groups (broad SMARTS) is 1. The molecular weight excluding hydrogens is 190 g/mol. The van der Waals surface area contributed by atoms with Crippen LogP contribution in [0.1, 0.15) is 47.0 Å². The molecular formula is C12H25NO2. The Bertz CT molecular complexity index is 192. The summed E-state index contributed by atoms with van der Waals surface area (Å²) in [5.41, 5.74) is 0. The Labute approximate surface area is 93.5 Å². The third kappa shape index (κ3) is 6.50. The number of carbonyl (C=O) groups is 1. The van der Waals surface area contributed by atoms with E-state index in [4.69, 9.17) is 5.11 Å². The first-order valence-electron chi connectivity index (χ1n) is 5.78. The Morgan fingerprint density at radius 1 is 1.20 bits per heavy atom. The second-order valence-electron chi connectivity index (χ2n) is 4.93. The molecule has 0 aromatic carbocycles. The van der Waals surface area contributed by atoms with Gasteiger partial charge >= 0.3 is 5.97 Å². The highest BCUT2D eigenvalue weighted by atomic mass is 16.4. The average Bonchev–Trinajstić information content (AvgIpc) is 2.11. The van der Waals surface area contributed by atoms with Crippen LogP contribution in [0.2, 0.25) is 0 Å². The third-order valence-corrected chi connectivity index (χ3v) is 2.98. The van der Waals surface area contributed by atoms with Gasteiger partial charge in [-0.1, -0.05) is 13.8 Å². The summed E-state index contributed by atoms with van der Waals surface area (Å²) in [5, 5.41) is 8.61. The van der Waals surface area contributed by atoms with Crippen molar-refractivity contribution in [1.82, 2.24) is 4.90 Å². The number of rotatable bonds is 7. The topological polar surface area (TPSA) is 40.5 Å². The van der Waals surface area contributed by atoms with Crippen LogP contribution in [-0.4, -0.2) is 35.1 Å². The predicted molar refractivity (Wildman–Crippen MR) is 63.0 cm³/mol. The van der Waals surface area contributed by atoms with E-state index in [0.29, 0.717) is 18.0 Å². The standard InChI is InChI=1S/C12H25NO2/c1-9(2)8-11(4)13(5)10(3)6-7-12(14)15/h9-11H,6-8H2,1-5H3,(H,14,15). The van der Waals surface area contributed by atoms with E-state index in [2.05, 4.69) is 39.6 Å². The maximum Gasteiger partial charge on any atom is 0.303 e. The van der Waals surface area contributed by atoms with E-state index in [0.717, 1.165) is 12.8 Å². The number of carboxylic acids is 1. The first-order valence-corrected chi connectivity index (χ1v) is 5.78. The summed E-state index contributed by atoms with van der Waals surface area (Å²) in [4.78, 5) is 12.7. The molecule has 0 spiro atoms. The van der Waals surface area contributed by atoms with E-state index < -0.39 is 5.97 Å². The Kier molecular flexibility index (Phi) is 6.57. The van der Waals surface area contributed by atoms with Crippen LogP contribution in [0.25, 0.3) is 0 Å². The van der Waals surface area contributed by atoms with Gasteiger partial charge in [0.05, 0.1) is 0 Å². The van der Waals surface area contributed by atoms with Gasteiger partial charge in [0.15, 0.2) is 0 Å². The average molecular weight is 215 g/mol. The van der Waals surface area contributed by atoms with Gasteiger partial charge < -0.3 is 10.0 Å². The molecule has 0 rings (SSSR count). The molecule has 3 heteroatoms. The maximum atomic E-state index is 10.5. The van der Waals surface area contributed by atoms with Crippen LogP contribution < -0.4 is 0 Å². The molecule has 15 heavy (non-hydrogen) atoms. The summed E-state index contributed by atoms with van der Waals surface area (Å²) in [5.74, 6) is -0.0131. The van der Waals surface area contributed by atoms with E-state index >= 15 is 0 Å². The summed E-state index contributed by atoms with van der Waals surface area (Å²) >= 11 is 0. The Hall–Kier alpha value is -0.570. The van der Waals surface area contributed by atoms with Crippen LogP contribution in [0.3, 0.4) is 0 Å². The minimum absolute atomic E-state index is 0.264. The van der Waals surface area contributed by atoms with Crippen LogP contribution in [0.4, 0.5) is 0 Å². The predicted octanol–water partition coefficient (Wildman–Crippen LogP) is 2.61.